The molecule has 0 aliphatic rings. The van der Waals surface area contributed by atoms with Crippen LogP contribution in [0.25, 0.3) is 0 Å². The minimum absolute atomic E-state index is 0.117. The number of carbonyl (C=O) groups is 1. The van der Waals surface area contributed by atoms with E-state index in [1.54, 1.807) is 6.92 Å². The zero-order valence-electron chi connectivity index (χ0n) is 10.8. The molecular weight excluding hydrogens is 330 g/mol. The Labute approximate surface area is 124 Å². The lowest BCUT2D eigenvalue weighted by Gasteiger charge is -2.07. The highest BCUT2D eigenvalue weighted by molar-refractivity contribution is 9.10. The van der Waals surface area contributed by atoms with Gasteiger partial charge >= 0.3 is 0 Å². The van der Waals surface area contributed by atoms with Crippen LogP contribution in [0.1, 0.15) is 19.8 Å². The van der Waals surface area contributed by atoms with Crippen molar-refractivity contribution in [3.8, 4) is 0 Å². The Bertz CT molecular complexity index is 434. The molecule has 0 aliphatic carbocycles. The van der Waals surface area contributed by atoms with Crippen molar-refractivity contribution in [2.75, 3.05) is 12.3 Å². The van der Waals surface area contributed by atoms with Crippen LogP contribution in [0.15, 0.2) is 33.6 Å². The smallest absolute Gasteiger partial charge is 0.220 e. The van der Waals surface area contributed by atoms with Crippen LogP contribution in [-0.4, -0.2) is 33.6 Å². The van der Waals surface area contributed by atoms with E-state index in [4.69, 9.17) is 5.11 Å². The summed E-state index contributed by atoms with van der Waals surface area (Å²) < 4.78 is 12.9. The molecule has 0 radical (unpaired) electrons. The Morgan fingerprint density at radius 2 is 2.05 bits per heavy atom. The van der Waals surface area contributed by atoms with Crippen molar-refractivity contribution in [3.05, 3.63) is 28.7 Å². The number of amides is 1. The van der Waals surface area contributed by atoms with E-state index >= 15 is 0 Å². The fourth-order valence-electron chi connectivity index (χ4n) is 1.42. The first-order chi connectivity index (χ1) is 8.99. The number of carbonyl (C=O) groups excluding carboxylic acids is 1. The number of halogens is 1. The lowest BCUT2D eigenvalue weighted by atomic mass is 10.3. The van der Waals surface area contributed by atoms with Gasteiger partial charge in [-0.2, -0.15) is 0 Å². The first-order valence-electron chi connectivity index (χ1n) is 6.07. The maximum atomic E-state index is 11.9. The van der Waals surface area contributed by atoms with Crippen LogP contribution in [0.4, 0.5) is 0 Å². The lowest BCUT2D eigenvalue weighted by molar-refractivity contribution is -0.121. The number of aliphatic hydroxyl groups excluding tert-OH is 1. The van der Waals surface area contributed by atoms with Gasteiger partial charge in [-0.05, 0) is 37.6 Å². The van der Waals surface area contributed by atoms with E-state index in [0.29, 0.717) is 18.6 Å². The molecule has 0 aliphatic heterocycles. The molecule has 0 heterocycles. The molecule has 0 saturated heterocycles. The van der Waals surface area contributed by atoms with Gasteiger partial charge in [-0.3, -0.25) is 9.00 Å². The molecule has 6 heteroatoms. The van der Waals surface area contributed by atoms with Gasteiger partial charge in [0, 0.05) is 28.1 Å². The van der Waals surface area contributed by atoms with Gasteiger partial charge in [0.05, 0.1) is 16.9 Å². The Morgan fingerprint density at radius 3 is 2.63 bits per heavy atom. The van der Waals surface area contributed by atoms with E-state index in [1.165, 1.54) is 0 Å². The molecule has 0 aromatic heterocycles. The van der Waals surface area contributed by atoms with Crippen molar-refractivity contribution in [3.63, 3.8) is 0 Å². The maximum Gasteiger partial charge on any atom is 0.220 e. The summed E-state index contributed by atoms with van der Waals surface area (Å²) in [5.41, 5.74) is 0. The summed E-state index contributed by atoms with van der Waals surface area (Å²) in [7, 11) is -1.07. The van der Waals surface area contributed by atoms with Gasteiger partial charge in [0.25, 0.3) is 0 Å². The second-order valence-electron chi connectivity index (χ2n) is 4.26. The molecule has 0 saturated carbocycles. The number of benzene rings is 1. The van der Waals surface area contributed by atoms with Gasteiger partial charge in [-0.15, -0.1) is 0 Å². The van der Waals surface area contributed by atoms with Crippen molar-refractivity contribution in [2.45, 2.75) is 30.8 Å². The van der Waals surface area contributed by atoms with Crippen LogP contribution >= 0.6 is 15.9 Å². The van der Waals surface area contributed by atoms with Crippen molar-refractivity contribution >= 4 is 32.6 Å². The minimum Gasteiger partial charge on any atom is -0.392 e. The Hall–Kier alpha value is -0.720. The third kappa shape index (κ3) is 6.84. The largest absolute Gasteiger partial charge is 0.392 e. The van der Waals surface area contributed by atoms with Crippen LogP contribution in [0, 0.1) is 0 Å². The topological polar surface area (TPSA) is 66.4 Å². The van der Waals surface area contributed by atoms with E-state index in [1.807, 2.05) is 24.3 Å². The molecule has 2 N–H and O–H groups in total. The SMILES string of the molecule is CC(O)CNC(=O)CCCS(=O)c1ccc(Br)cc1. The van der Waals surface area contributed by atoms with Crippen LogP contribution in [0.3, 0.4) is 0 Å². The molecule has 1 amide bonds. The lowest BCUT2D eigenvalue weighted by Crippen LogP contribution is -2.30. The highest BCUT2D eigenvalue weighted by Crippen LogP contribution is 2.14. The molecule has 0 bridgehead atoms. The molecule has 2 unspecified atom stereocenters. The van der Waals surface area contributed by atoms with Crippen LogP contribution in [-0.2, 0) is 15.6 Å². The molecule has 19 heavy (non-hydrogen) atoms. The maximum absolute atomic E-state index is 11.9. The Kier molecular flexibility index (Phi) is 7.27. The quantitative estimate of drug-likeness (QED) is 0.790. The van der Waals surface area contributed by atoms with Crippen molar-refractivity contribution in [1.82, 2.24) is 5.32 Å². The first kappa shape index (κ1) is 16.3. The molecule has 1 aromatic rings. The van der Waals surface area contributed by atoms with Gasteiger partial charge in [-0.25, -0.2) is 0 Å². The average molecular weight is 348 g/mol. The van der Waals surface area contributed by atoms with Crippen LogP contribution in [0.2, 0.25) is 0 Å². The van der Waals surface area contributed by atoms with Gasteiger partial charge in [0.1, 0.15) is 0 Å². The third-order valence-electron chi connectivity index (χ3n) is 2.40. The van der Waals surface area contributed by atoms with Crippen LogP contribution in [0.5, 0.6) is 0 Å². The molecule has 0 fully saturated rings. The molecule has 1 rings (SSSR count). The van der Waals surface area contributed by atoms with Crippen LogP contribution < -0.4 is 5.32 Å². The van der Waals surface area contributed by atoms with Gasteiger partial charge in [0.2, 0.25) is 5.91 Å². The predicted octanol–water partition coefficient (Wildman–Crippen LogP) is 1.83. The van der Waals surface area contributed by atoms with E-state index in [0.717, 1.165) is 9.37 Å². The van der Waals surface area contributed by atoms with Crippen molar-refractivity contribution in [2.24, 2.45) is 0 Å². The number of rotatable bonds is 7. The fraction of sp³-hybridized carbons (Fsp3) is 0.462. The van der Waals surface area contributed by atoms with Crippen molar-refractivity contribution in [1.29, 1.82) is 0 Å². The molecule has 4 nitrogen and oxygen atoms in total. The number of nitrogens with one attached hydrogen (secondary N) is 1. The summed E-state index contributed by atoms with van der Waals surface area (Å²) in [6.07, 6.45) is 0.351. The summed E-state index contributed by atoms with van der Waals surface area (Å²) >= 11 is 3.32. The number of hydrogen-bond donors (Lipinski definition) is 2. The summed E-state index contributed by atoms with van der Waals surface area (Å²) in [6.45, 7) is 1.87. The number of aliphatic hydroxyl groups is 1. The highest BCUT2D eigenvalue weighted by Gasteiger charge is 2.07. The third-order valence-corrected chi connectivity index (χ3v) is 4.39. The summed E-state index contributed by atoms with van der Waals surface area (Å²) in [5, 5.41) is 11.6. The predicted molar refractivity (Wildman–Crippen MR) is 79.3 cm³/mol. The zero-order chi connectivity index (χ0) is 14.3. The Morgan fingerprint density at radius 1 is 1.42 bits per heavy atom. The normalized spacial score (nSPS) is 13.8. The molecule has 2 atom stereocenters. The van der Waals surface area contributed by atoms with Gasteiger partial charge < -0.3 is 10.4 Å². The highest BCUT2D eigenvalue weighted by atomic mass is 79.9. The second kappa shape index (κ2) is 8.45. The summed E-state index contributed by atoms with van der Waals surface area (Å²) in [6, 6.07) is 7.33. The minimum atomic E-state index is -1.07. The molecule has 1 aromatic carbocycles. The second-order valence-corrected chi connectivity index (χ2v) is 6.75. The summed E-state index contributed by atoms with van der Waals surface area (Å²) in [4.78, 5) is 12.2. The average Bonchev–Trinajstić information content (AvgIpc) is 2.37. The zero-order valence-corrected chi connectivity index (χ0v) is 13.2. The number of hydrogen-bond acceptors (Lipinski definition) is 3. The standard InChI is InChI=1S/C13H18BrNO3S/c1-10(16)9-15-13(17)3-2-8-19(18)12-6-4-11(14)5-7-12/h4-7,10,16H,2-3,8-9H2,1H3,(H,15,17). The van der Waals surface area contributed by atoms with Crippen molar-refractivity contribution < 1.29 is 14.1 Å². The molecular formula is C13H18BrNO3S. The first-order valence-corrected chi connectivity index (χ1v) is 8.19. The van der Waals surface area contributed by atoms with Gasteiger partial charge in [-0.1, -0.05) is 15.9 Å². The van der Waals surface area contributed by atoms with E-state index in [9.17, 15) is 9.00 Å². The van der Waals surface area contributed by atoms with Gasteiger partial charge in [0.15, 0.2) is 0 Å². The van der Waals surface area contributed by atoms with E-state index in [2.05, 4.69) is 21.2 Å². The van der Waals surface area contributed by atoms with E-state index in [-0.39, 0.29) is 12.5 Å². The molecule has 0 spiro atoms. The molecule has 106 valence electrons. The van der Waals surface area contributed by atoms with E-state index < -0.39 is 16.9 Å². The summed E-state index contributed by atoms with van der Waals surface area (Å²) in [5.74, 6) is 0.345. The fourth-order valence-corrected chi connectivity index (χ4v) is 2.76. The Balaban J connectivity index is 2.27. The monoisotopic (exact) mass is 347 g/mol.